The van der Waals surface area contributed by atoms with Crippen molar-refractivity contribution < 1.29 is 9.53 Å². The quantitative estimate of drug-likeness (QED) is 0.928. The highest BCUT2D eigenvalue weighted by molar-refractivity contribution is 7.16. The summed E-state index contributed by atoms with van der Waals surface area (Å²) in [6.07, 6.45) is 3.29. The predicted octanol–water partition coefficient (Wildman–Crippen LogP) is 2.72. The highest BCUT2D eigenvalue weighted by Crippen LogP contribution is 2.32. The molecular formula is C17H18N4O2S. The first-order valence-corrected chi connectivity index (χ1v) is 8.51. The number of ether oxygens (including phenoxy) is 1. The Morgan fingerprint density at radius 3 is 2.83 bits per heavy atom. The van der Waals surface area contributed by atoms with Crippen molar-refractivity contribution in [1.82, 2.24) is 4.98 Å². The Hall–Kier alpha value is -2.43. The summed E-state index contributed by atoms with van der Waals surface area (Å²) in [4.78, 5) is 19.9. The molecule has 2 aromatic heterocycles. The first-order chi connectivity index (χ1) is 11.6. The van der Waals surface area contributed by atoms with Gasteiger partial charge in [-0.05, 0) is 25.5 Å². The second-order valence-electron chi connectivity index (χ2n) is 5.58. The molecule has 0 bridgehead atoms. The largest absolute Gasteiger partial charge is 0.378 e. The molecule has 1 amide bonds. The van der Waals surface area contributed by atoms with Crippen LogP contribution in [-0.2, 0) is 4.74 Å². The van der Waals surface area contributed by atoms with E-state index in [2.05, 4.69) is 21.3 Å². The molecule has 7 heteroatoms. The standard InChI is InChI=1S/C17H18N4O2S/c1-11-12(2)24-17(15(11)8-18)20-16(22)13-7-14(10-19-9-13)21-3-5-23-6-4-21/h7,9-10H,3-6H2,1-2H3,(H,20,22). The van der Waals surface area contributed by atoms with Crippen LogP contribution in [0, 0.1) is 25.2 Å². The topological polar surface area (TPSA) is 78.2 Å². The number of thiophene rings is 1. The molecule has 2 aromatic rings. The van der Waals surface area contributed by atoms with Crippen LogP contribution in [0.25, 0.3) is 0 Å². The zero-order chi connectivity index (χ0) is 17.1. The van der Waals surface area contributed by atoms with Crippen molar-refractivity contribution in [2.24, 2.45) is 0 Å². The van der Waals surface area contributed by atoms with Crippen molar-refractivity contribution in [3.05, 3.63) is 40.0 Å². The lowest BCUT2D eigenvalue weighted by molar-refractivity contribution is 0.102. The molecule has 3 heterocycles. The second-order valence-corrected chi connectivity index (χ2v) is 6.81. The molecule has 0 saturated carbocycles. The summed E-state index contributed by atoms with van der Waals surface area (Å²) in [5, 5.41) is 12.7. The van der Waals surface area contributed by atoms with Gasteiger partial charge in [0.15, 0.2) is 0 Å². The Labute approximate surface area is 144 Å². The number of pyridine rings is 1. The van der Waals surface area contributed by atoms with E-state index in [1.54, 1.807) is 12.4 Å². The Kier molecular flexibility index (Phi) is 4.79. The lowest BCUT2D eigenvalue weighted by atomic mass is 10.2. The molecule has 0 radical (unpaired) electrons. The Bertz CT molecular complexity index is 803. The van der Waals surface area contributed by atoms with Crippen LogP contribution in [0.2, 0.25) is 0 Å². The molecule has 0 atom stereocenters. The van der Waals surface area contributed by atoms with Gasteiger partial charge in [0.05, 0.1) is 36.2 Å². The average molecular weight is 342 g/mol. The van der Waals surface area contributed by atoms with Gasteiger partial charge in [-0.15, -0.1) is 11.3 Å². The van der Waals surface area contributed by atoms with E-state index in [4.69, 9.17) is 4.74 Å². The van der Waals surface area contributed by atoms with Gasteiger partial charge in [-0.2, -0.15) is 5.26 Å². The molecule has 1 N–H and O–H groups in total. The van der Waals surface area contributed by atoms with Crippen LogP contribution < -0.4 is 10.2 Å². The Morgan fingerprint density at radius 1 is 1.38 bits per heavy atom. The second kappa shape index (κ2) is 6.99. The average Bonchev–Trinajstić information content (AvgIpc) is 2.89. The van der Waals surface area contributed by atoms with E-state index in [1.807, 2.05) is 19.9 Å². The zero-order valence-corrected chi connectivity index (χ0v) is 14.4. The predicted molar refractivity (Wildman–Crippen MR) is 93.7 cm³/mol. The van der Waals surface area contributed by atoms with Crippen LogP contribution in [0.4, 0.5) is 10.7 Å². The molecule has 0 aliphatic carbocycles. The number of nitrogens with one attached hydrogen (secondary N) is 1. The first-order valence-electron chi connectivity index (χ1n) is 7.69. The van der Waals surface area contributed by atoms with Gasteiger partial charge in [0.2, 0.25) is 0 Å². The minimum atomic E-state index is -0.254. The van der Waals surface area contributed by atoms with Gasteiger partial charge in [-0.3, -0.25) is 9.78 Å². The van der Waals surface area contributed by atoms with Gasteiger partial charge >= 0.3 is 0 Å². The van der Waals surface area contributed by atoms with E-state index in [1.165, 1.54) is 11.3 Å². The van der Waals surface area contributed by atoms with Crippen molar-refractivity contribution in [1.29, 1.82) is 5.26 Å². The molecule has 1 fully saturated rings. The number of nitriles is 1. The van der Waals surface area contributed by atoms with Crippen LogP contribution in [0.15, 0.2) is 18.5 Å². The SMILES string of the molecule is Cc1sc(NC(=O)c2cncc(N3CCOCC3)c2)c(C#N)c1C. The maximum Gasteiger partial charge on any atom is 0.257 e. The lowest BCUT2D eigenvalue weighted by Gasteiger charge is -2.28. The monoisotopic (exact) mass is 342 g/mol. The van der Waals surface area contributed by atoms with Crippen LogP contribution in [-0.4, -0.2) is 37.2 Å². The molecule has 3 rings (SSSR count). The Morgan fingerprint density at radius 2 is 2.12 bits per heavy atom. The highest BCUT2D eigenvalue weighted by Gasteiger charge is 2.17. The molecule has 24 heavy (non-hydrogen) atoms. The normalized spacial score (nSPS) is 14.3. The van der Waals surface area contributed by atoms with Crippen molar-refractivity contribution in [2.75, 3.05) is 36.5 Å². The number of nitrogens with zero attached hydrogens (tertiary/aromatic N) is 3. The van der Waals surface area contributed by atoms with E-state index < -0.39 is 0 Å². The van der Waals surface area contributed by atoms with E-state index in [0.717, 1.165) is 29.2 Å². The molecule has 1 aliphatic heterocycles. The van der Waals surface area contributed by atoms with Gasteiger partial charge in [-0.1, -0.05) is 0 Å². The number of carbonyl (C=O) groups excluding carboxylic acids is 1. The number of hydrogen-bond acceptors (Lipinski definition) is 6. The number of anilines is 2. The fourth-order valence-corrected chi connectivity index (χ4v) is 3.58. The zero-order valence-electron chi connectivity index (χ0n) is 13.6. The third-order valence-electron chi connectivity index (χ3n) is 4.09. The van der Waals surface area contributed by atoms with Gasteiger partial charge < -0.3 is 15.0 Å². The smallest absolute Gasteiger partial charge is 0.257 e. The third-order valence-corrected chi connectivity index (χ3v) is 5.21. The summed E-state index contributed by atoms with van der Waals surface area (Å²) in [6, 6.07) is 3.99. The van der Waals surface area contributed by atoms with Gasteiger partial charge in [0, 0.05) is 24.2 Å². The van der Waals surface area contributed by atoms with Crippen molar-refractivity contribution in [3.63, 3.8) is 0 Å². The minimum absolute atomic E-state index is 0.254. The maximum atomic E-state index is 12.5. The summed E-state index contributed by atoms with van der Waals surface area (Å²) in [7, 11) is 0. The molecule has 1 saturated heterocycles. The lowest BCUT2D eigenvalue weighted by Crippen LogP contribution is -2.36. The fourth-order valence-electron chi connectivity index (χ4n) is 2.57. The molecule has 0 spiro atoms. The number of carbonyl (C=O) groups is 1. The van der Waals surface area contributed by atoms with Crippen LogP contribution in [0.1, 0.15) is 26.4 Å². The molecular weight excluding hydrogens is 324 g/mol. The van der Waals surface area contributed by atoms with E-state index >= 15 is 0 Å². The highest BCUT2D eigenvalue weighted by atomic mass is 32.1. The number of aromatic nitrogens is 1. The van der Waals surface area contributed by atoms with Crippen molar-refractivity contribution >= 4 is 27.9 Å². The summed E-state index contributed by atoms with van der Waals surface area (Å²) in [6.45, 7) is 6.76. The number of rotatable bonds is 3. The fraction of sp³-hybridized carbons (Fsp3) is 0.353. The van der Waals surface area contributed by atoms with Crippen LogP contribution in [0.3, 0.4) is 0 Å². The first kappa shape index (κ1) is 16.4. The maximum absolute atomic E-state index is 12.5. The van der Waals surface area contributed by atoms with Gasteiger partial charge in [0.1, 0.15) is 11.1 Å². The van der Waals surface area contributed by atoms with Crippen LogP contribution >= 0.6 is 11.3 Å². The summed E-state index contributed by atoms with van der Waals surface area (Å²) < 4.78 is 5.35. The minimum Gasteiger partial charge on any atom is -0.378 e. The van der Waals surface area contributed by atoms with Crippen molar-refractivity contribution in [2.45, 2.75) is 13.8 Å². The summed E-state index contributed by atoms with van der Waals surface area (Å²) >= 11 is 1.42. The van der Waals surface area contributed by atoms with E-state index in [0.29, 0.717) is 29.3 Å². The van der Waals surface area contributed by atoms with E-state index in [-0.39, 0.29) is 5.91 Å². The molecule has 0 aromatic carbocycles. The molecule has 124 valence electrons. The summed E-state index contributed by atoms with van der Waals surface area (Å²) in [5.41, 5.74) is 2.83. The molecule has 1 aliphatic rings. The number of amides is 1. The van der Waals surface area contributed by atoms with Gasteiger partial charge in [-0.25, -0.2) is 0 Å². The Balaban J connectivity index is 1.81. The van der Waals surface area contributed by atoms with Gasteiger partial charge in [0.25, 0.3) is 5.91 Å². The van der Waals surface area contributed by atoms with Crippen molar-refractivity contribution in [3.8, 4) is 6.07 Å². The number of aryl methyl sites for hydroxylation is 1. The summed E-state index contributed by atoms with van der Waals surface area (Å²) in [5.74, 6) is -0.254. The number of morpholine rings is 1. The molecule has 6 nitrogen and oxygen atoms in total. The number of hydrogen-bond donors (Lipinski definition) is 1. The van der Waals surface area contributed by atoms with E-state index in [9.17, 15) is 10.1 Å². The van der Waals surface area contributed by atoms with Crippen LogP contribution in [0.5, 0.6) is 0 Å². The third kappa shape index (κ3) is 3.25. The molecule has 0 unspecified atom stereocenters.